The van der Waals surface area contributed by atoms with E-state index in [4.69, 9.17) is 5.73 Å². The molecule has 5 nitrogen and oxygen atoms in total. The first kappa shape index (κ1) is 13.3. The number of sulfone groups is 1. The fourth-order valence-electron chi connectivity index (χ4n) is 2.95. The predicted molar refractivity (Wildman–Crippen MR) is 69.8 cm³/mol. The van der Waals surface area contributed by atoms with Gasteiger partial charge in [0.1, 0.15) is 11.4 Å². The number of aromatic nitrogens is 1. The highest BCUT2D eigenvalue weighted by Gasteiger charge is 2.49. The van der Waals surface area contributed by atoms with Crippen molar-refractivity contribution in [3.8, 4) is 0 Å². The van der Waals surface area contributed by atoms with Crippen LogP contribution in [0.5, 0.6) is 0 Å². The van der Waals surface area contributed by atoms with Crippen LogP contribution in [0.4, 0.5) is 5.82 Å². The molecule has 18 heavy (non-hydrogen) atoms. The van der Waals surface area contributed by atoms with Crippen LogP contribution in [0.3, 0.4) is 0 Å². The van der Waals surface area contributed by atoms with Crippen molar-refractivity contribution in [3.05, 3.63) is 23.4 Å². The molecule has 100 valence electrons. The number of anilines is 1. The van der Waals surface area contributed by atoms with Gasteiger partial charge in [-0.3, -0.25) is 0 Å². The van der Waals surface area contributed by atoms with Crippen molar-refractivity contribution >= 4 is 15.7 Å². The van der Waals surface area contributed by atoms with E-state index in [0.717, 1.165) is 11.8 Å². The number of aliphatic hydroxyl groups is 1. The summed E-state index contributed by atoms with van der Waals surface area (Å²) in [4.78, 5) is 3.97. The van der Waals surface area contributed by atoms with E-state index in [-0.39, 0.29) is 5.82 Å². The minimum absolute atomic E-state index is 0.216. The maximum atomic E-state index is 11.8. The molecule has 0 aromatic carbocycles. The van der Waals surface area contributed by atoms with Crippen molar-refractivity contribution in [2.45, 2.75) is 37.0 Å². The number of aryl methyl sites for hydroxylation is 1. The number of pyridine rings is 1. The summed E-state index contributed by atoms with van der Waals surface area (Å²) >= 11 is 0. The highest BCUT2D eigenvalue weighted by molar-refractivity contribution is 7.91. The van der Waals surface area contributed by atoms with Gasteiger partial charge in [-0.05, 0) is 37.8 Å². The molecule has 0 amide bonds. The lowest BCUT2D eigenvalue weighted by molar-refractivity contribution is 0.0476. The smallest absolute Gasteiger partial charge is 0.153 e. The second-order valence-corrected chi connectivity index (χ2v) is 7.25. The van der Waals surface area contributed by atoms with E-state index in [9.17, 15) is 13.5 Å². The van der Waals surface area contributed by atoms with Crippen LogP contribution in [0.25, 0.3) is 0 Å². The summed E-state index contributed by atoms with van der Waals surface area (Å²) in [5.74, 6) is 0.216. The lowest BCUT2D eigenvalue weighted by Crippen LogP contribution is -2.41. The molecule has 1 fully saturated rings. The average molecular weight is 270 g/mol. The van der Waals surface area contributed by atoms with E-state index in [1.165, 1.54) is 0 Å². The van der Waals surface area contributed by atoms with Gasteiger partial charge in [0, 0.05) is 18.0 Å². The van der Waals surface area contributed by atoms with Crippen LogP contribution in [-0.2, 0) is 15.4 Å². The summed E-state index contributed by atoms with van der Waals surface area (Å²) in [6.45, 7) is 1.81. The van der Waals surface area contributed by atoms with Gasteiger partial charge >= 0.3 is 0 Å². The Balaban J connectivity index is 2.61. The standard InChI is InChI=1S/C12H18N2O3S/c1-8-5-7-14-11(13)10(8)12(15)6-3-4-9(12)18(2,16)17/h5,7,9,15H,3-4,6H2,1-2H3,(H2,13,14). The first-order valence-corrected chi connectivity index (χ1v) is 7.85. The summed E-state index contributed by atoms with van der Waals surface area (Å²) < 4.78 is 23.6. The Morgan fingerprint density at radius 2 is 2.22 bits per heavy atom. The van der Waals surface area contributed by atoms with Gasteiger partial charge in [0.2, 0.25) is 0 Å². The molecule has 3 N–H and O–H groups in total. The SMILES string of the molecule is Cc1ccnc(N)c1C1(O)CCCC1S(C)(=O)=O. The largest absolute Gasteiger partial charge is 0.384 e. The molecule has 1 aromatic heterocycles. The van der Waals surface area contributed by atoms with Crippen molar-refractivity contribution in [1.82, 2.24) is 4.98 Å². The second-order valence-electron chi connectivity index (χ2n) is 5.02. The minimum atomic E-state index is -3.33. The molecule has 0 aliphatic heterocycles. The average Bonchev–Trinajstić information content (AvgIpc) is 2.60. The number of hydrogen-bond acceptors (Lipinski definition) is 5. The Morgan fingerprint density at radius 3 is 2.78 bits per heavy atom. The summed E-state index contributed by atoms with van der Waals surface area (Å²) in [6.07, 6.45) is 4.25. The van der Waals surface area contributed by atoms with Gasteiger partial charge in [-0.2, -0.15) is 0 Å². The normalized spacial score (nSPS) is 28.5. The fourth-order valence-corrected chi connectivity index (χ4v) is 4.49. The van der Waals surface area contributed by atoms with Gasteiger partial charge in [0.15, 0.2) is 9.84 Å². The lowest BCUT2D eigenvalue weighted by Gasteiger charge is -2.31. The molecule has 2 unspecified atom stereocenters. The topological polar surface area (TPSA) is 93.3 Å². The monoisotopic (exact) mass is 270 g/mol. The first-order valence-electron chi connectivity index (χ1n) is 5.89. The van der Waals surface area contributed by atoms with Gasteiger partial charge in [-0.25, -0.2) is 13.4 Å². The quantitative estimate of drug-likeness (QED) is 0.827. The molecule has 1 aliphatic carbocycles. The minimum Gasteiger partial charge on any atom is -0.384 e. The van der Waals surface area contributed by atoms with Crippen molar-refractivity contribution in [3.63, 3.8) is 0 Å². The molecule has 2 rings (SSSR count). The number of nitrogens with two attached hydrogens (primary N) is 1. The molecule has 2 atom stereocenters. The Hall–Kier alpha value is -1.14. The van der Waals surface area contributed by atoms with E-state index in [1.807, 2.05) is 6.92 Å². The summed E-state index contributed by atoms with van der Waals surface area (Å²) in [6, 6.07) is 1.74. The number of nitrogens with zero attached hydrogens (tertiary/aromatic N) is 1. The van der Waals surface area contributed by atoms with Crippen LogP contribution in [0.2, 0.25) is 0 Å². The van der Waals surface area contributed by atoms with Gasteiger partial charge in [0.25, 0.3) is 0 Å². The summed E-state index contributed by atoms with van der Waals surface area (Å²) in [5, 5.41) is 10.0. The number of rotatable bonds is 2. The van der Waals surface area contributed by atoms with Gasteiger partial charge in [0.05, 0.1) is 5.25 Å². The van der Waals surface area contributed by atoms with E-state index >= 15 is 0 Å². The maximum Gasteiger partial charge on any atom is 0.153 e. The van der Waals surface area contributed by atoms with Gasteiger partial charge in [-0.1, -0.05) is 0 Å². The molecule has 6 heteroatoms. The predicted octanol–water partition coefficient (Wildman–Crippen LogP) is 0.757. The van der Waals surface area contributed by atoms with Crippen LogP contribution in [-0.4, -0.2) is 30.0 Å². The number of hydrogen-bond donors (Lipinski definition) is 2. The van der Waals surface area contributed by atoms with Crippen LogP contribution in [0.15, 0.2) is 12.3 Å². The highest BCUT2D eigenvalue weighted by atomic mass is 32.2. The Morgan fingerprint density at radius 1 is 1.56 bits per heavy atom. The molecule has 1 aliphatic rings. The highest BCUT2D eigenvalue weighted by Crippen LogP contribution is 2.45. The maximum absolute atomic E-state index is 11.8. The van der Waals surface area contributed by atoms with Crippen molar-refractivity contribution in [1.29, 1.82) is 0 Å². The molecule has 1 heterocycles. The van der Waals surface area contributed by atoms with Crippen LogP contribution in [0.1, 0.15) is 30.4 Å². The molecule has 0 spiro atoms. The van der Waals surface area contributed by atoms with Crippen LogP contribution in [0, 0.1) is 6.92 Å². The second kappa shape index (κ2) is 4.20. The summed E-state index contributed by atoms with van der Waals surface area (Å²) in [7, 11) is -3.33. The van der Waals surface area contributed by atoms with E-state index in [2.05, 4.69) is 4.98 Å². The van der Waals surface area contributed by atoms with Crippen molar-refractivity contribution < 1.29 is 13.5 Å². The third-order valence-electron chi connectivity index (χ3n) is 3.70. The van der Waals surface area contributed by atoms with Crippen LogP contribution >= 0.6 is 0 Å². The van der Waals surface area contributed by atoms with E-state index in [1.54, 1.807) is 12.3 Å². The molecule has 0 radical (unpaired) electrons. The number of nitrogen functional groups attached to an aromatic ring is 1. The molecule has 1 aromatic rings. The Kier molecular flexibility index (Phi) is 3.11. The molecule has 0 bridgehead atoms. The van der Waals surface area contributed by atoms with Gasteiger partial charge < -0.3 is 10.8 Å². The Bertz CT molecular complexity index is 550. The molecule has 1 saturated carbocycles. The third-order valence-corrected chi connectivity index (χ3v) is 5.35. The summed E-state index contributed by atoms with van der Waals surface area (Å²) in [5.41, 5.74) is 5.67. The first-order chi connectivity index (χ1) is 8.27. The lowest BCUT2D eigenvalue weighted by atomic mass is 9.89. The zero-order valence-electron chi connectivity index (χ0n) is 10.5. The van der Waals surface area contributed by atoms with Gasteiger partial charge in [-0.15, -0.1) is 0 Å². The fraction of sp³-hybridized carbons (Fsp3) is 0.583. The molecular formula is C12H18N2O3S. The van der Waals surface area contributed by atoms with Crippen molar-refractivity contribution in [2.24, 2.45) is 0 Å². The zero-order valence-corrected chi connectivity index (χ0v) is 11.4. The molecule has 0 saturated heterocycles. The Labute approximate surface area is 107 Å². The van der Waals surface area contributed by atoms with Crippen molar-refractivity contribution in [2.75, 3.05) is 12.0 Å². The zero-order chi connectivity index (χ0) is 13.6. The third kappa shape index (κ3) is 1.99. The van der Waals surface area contributed by atoms with Crippen LogP contribution < -0.4 is 5.73 Å². The van der Waals surface area contributed by atoms with E-state index in [0.29, 0.717) is 24.8 Å². The van der Waals surface area contributed by atoms with E-state index < -0.39 is 20.7 Å². The molecular weight excluding hydrogens is 252 g/mol.